The number of anilines is 2. The van der Waals surface area contributed by atoms with E-state index >= 15 is 0 Å². The molecule has 5 heteroatoms. The van der Waals surface area contributed by atoms with Gasteiger partial charge < -0.3 is 5.32 Å². The molecule has 3 nitrogen and oxygen atoms in total. The third-order valence-corrected chi connectivity index (χ3v) is 5.00. The van der Waals surface area contributed by atoms with Gasteiger partial charge in [0.2, 0.25) is 0 Å². The Hall–Kier alpha value is -2.72. The number of halogens is 2. The lowest BCUT2D eigenvalue weighted by molar-refractivity contribution is 0.629. The van der Waals surface area contributed by atoms with Crippen molar-refractivity contribution >= 4 is 44.8 Å². The van der Waals surface area contributed by atoms with Gasteiger partial charge >= 0.3 is 0 Å². The van der Waals surface area contributed by atoms with Crippen LogP contribution in [-0.4, -0.2) is 9.97 Å². The van der Waals surface area contributed by atoms with Crippen LogP contribution < -0.4 is 5.32 Å². The zero-order valence-electron chi connectivity index (χ0n) is 14.7. The SMILES string of the molecule is Cc1cc(C)c(Nc2nc3ccc(F)cc3c3c(Cl)nccc23)cc1C. The van der Waals surface area contributed by atoms with Gasteiger partial charge in [-0.1, -0.05) is 17.7 Å². The van der Waals surface area contributed by atoms with Crippen molar-refractivity contribution in [1.82, 2.24) is 9.97 Å². The van der Waals surface area contributed by atoms with Crippen molar-refractivity contribution < 1.29 is 4.39 Å². The van der Waals surface area contributed by atoms with Gasteiger partial charge in [-0.3, -0.25) is 0 Å². The number of hydrogen-bond acceptors (Lipinski definition) is 3. The molecule has 26 heavy (non-hydrogen) atoms. The highest BCUT2D eigenvalue weighted by molar-refractivity contribution is 6.37. The quantitative estimate of drug-likeness (QED) is 0.337. The fraction of sp³-hybridized carbons (Fsp3) is 0.143. The van der Waals surface area contributed by atoms with Crippen molar-refractivity contribution in [1.29, 1.82) is 0 Å². The van der Waals surface area contributed by atoms with Gasteiger partial charge in [0, 0.05) is 28.0 Å². The third-order valence-electron chi connectivity index (χ3n) is 4.71. The second-order valence-electron chi connectivity index (χ2n) is 6.52. The molecule has 0 bridgehead atoms. The summed E-state index contributed by atoms with van der Waals surface area (Å²) < 4.78 is 13.8. The fourth-order valence-electron chi connectivity index (χ4n) is 3.19. The van der Waals surface area contributed by atoms with Crippen LogP contribution in [0.15, 0.2) is 42.6 Å². The fourth-order valence-corrected chi connectivity index (χ4v) is 3.45. The number of rotatable bonds is 2. The molecule has 130 valence electrons. The van der Waals surface area contributed by atoms with Gasteiger partial charge in [-0.2, -0.15) is 0 Å². The maximum atomic E-state index is 13.8. The lowest BCUT2D eigenvalue weighted by Crippen LogP contribution is -2.00. The first kappa shape index (κ1) is 16.7. The van der Waals surface area contributed by atoms with Crippen LogP contribution in [0.1, 0.15) is 16.7 Å². The van der Waals surface area contributed by atoms with Crippen LogP contribution in [0.3, 0.4) is 0 Å². The van der Waals surface area contributed by atoms with E-state index in [1.54, 1.807) is 12.3 Å². The highest BCUT2D eigenvalue weighted by Gasteiger charge is 2.14. The summed E-state index contributed by atoms with van der Waals surface area (Å²) in [7, 11) is 0. The Morgan fingerprint density at radius 2 is 1.69 bits per heavy atom. The van der Waals surface area contributed by atoms with Crippen molar-refractivity contribution in [3.05, 3.63) is 70.3 Å². The number of fused-ring (bicyclic) bond motifs is 3. The Balaban J connectivity index is 1.99. The van der Waals surface area contributed by atoms with Crippen LogP contribution in [0.5, 0.6) is 0 Å². The maximum Gasteiger partial charge on any atom is 0.139 e. The van der Waals surface area contributed by atoms with E-state index in [0.29, 0.717) is 27.3 Å². The molecule has 2 heterocycles. The number of benzene rings is 2. The Bertz CT molecular complexity index is 1170. The molecule has 0 spiro atoms. The maximum absolute atomic E-state index is 13.8. The minimum atomic E-state index is -0.328. The highest BCUT2D eigenvalue weighted by atomic mass is 35.5. The number of nitrogens with zero attached hydrogens (tertiary/aromatic N) is 2. The molecule has 0 radical (unpaired) electrons. The monoisotopic (exact) mass is 365 g/mol. The Kier molecular flexibility index (Phi) is 4.00. The van der Waals surface area contributed by atoms with E-state index in [9.17, 15) is 4.39 Å². The zero-order chi connectivity index (χ0) is 18.4. The van der Waals surface area contributed by atoms with Gasteiger partial charge in [0.05, 0.1) is 5.52 Å². The van der Waals surface area contributed by atoms with Crippen LogP contribution in [0, 0.1) is 26.6 Å². The van der Waals surface area contributed by atoms with E-state index in [2.05, 4.69) is 43.2 Å². The number of hydrogen-bond donors (Lipinski definition) is 1. The van der Waals surface area contributed by atoms with Crippen LogP contribution in [-0.2, 0) is 0 Å². The van der Waals surface area contributed by atoms with E-state index in [4.69, 9.17) is 16.6 Å². The summed E-state index contributed by atoms with van der Waals surface area (Å²) in [6.07, 6.45) is 1.63. The Morgan fingerprint density at radius 1 is 0.923 bits per heavy atom. The van der Waals surface area contributed by atoms with Gasteiger partial charge in [0.1, 0.15) is 16.8 Å². The molecule has 0 saturated carbocycles. The number of aryl methyl sites for hydroxylation is 3. The summed E-state index contributed by atoms with van der Waals surface area (Å²) in [6, 6.07) is 10.6. The molecule has 0 atom stereocenters. The van der Waals surface area contributed by atoms with Crippen LogP contribution >= 0.6 is 11.6 Å². The van der Waals surface area contributed by atoms with Crippen LogP contribution in [0.25, 0.3) is 21.7 Å². The molecule has 1 N–H and O–H groups in total. The van der Waals surface area contributed by atoms with E-state index in [1.165, 1.54) is 23.3 Å². The predicted molar refractivity (Wildman–Crippen MR) is 106 cm³/mol. The first-order valence-electron chi connectivity index (χ1n) is 8.32. The molecular formula is C21H17ClFN3. The molecule has 4 aromatic rings. The van der Waals surface area contributed by atoms with E-state index < -0.39 is 0 Å². The van der Waals surface area contributed by atoms with Crippen LogP contribution in [0.2, 0.25) is 5.15 Å². The lowest BCUT2D eigenvalue weighted by Gasteiger charge is -2.15. The van der Waals surface area contributed by atoms with Gasteiger partial charge in [0.25, 0.3) is 0 Å². The average molecular weight is 366 g/mol. The summed E-state index contributed by atoms with van der Waals surface area (Å²) in [5.74, 6) is 0.348. The van der Waals surface area contributed by atoms with E-state index in [1.807, 2.05) is 6.07 Å². The summed E-state index contributed by atoms with van der Waals surface area (Å²) in [6.45, 7) is 6.23. The molecule has 4 rings (SSSR count). The molecule has 0 aliphatic rings. The smallest absolute Gasteiger partial charge is 0.139 e. The molecule has 0 saturated heterocycles. The molecular weight excluding hydrogens is 349 g/mol. The Labute approximate surface area is 155 Å². The van der Waals surface area contributed by atoms with Crippen molar-refractivity contribution in [3.8, 4) is 0 Å². The standard InChI is InChI=1S/C21H17ClFN3/c1-11-8-13(3)18(9-12(11)2)26-21-15-6-7-24-20(22)19(15)16-10-14(23)4-5-17(16)25-21/h4-10H,1-3H3,(H,25,26). The molecule has 0 unspecified atom stereocenters. The first-order chi connectivity index (χ1) is 12.4. The molecule has 2 aromatic carbocycles. The number of aromatic nitrogens is 2. The molecule has 0 fully saturated rings. The second kappa shape index (κ2) is 6.22. The summed E-state index contributed by atoms with van der Waals surface area (Å²) in [5.41, 5.74) is 5.22. The minimum Gasteiger partial charge on any atom is -0.339 e. The van der Waals surface area contributed by atoms with Gasteiger partial charge in [-0.05, 0) is 67.8 Å². The van der Waals surface area contributed by atoms with Crippen LogP contribution in [0.4, 0.5) is 15.9 Å². The average Bonchev–Trinajstić information content (AvgIpc) is 2.60. The number of nitrogens with one attached hydrogen (secondary N) is 1. The third kappa shape index (κ3) is 2.76. The van der Waals surface area contributed by atoms with Gasteiger partial charge in [0.15, 0.2) is 0 Å². The van der Waals surface area contributed by atoms with Crippen molar-refractivity contribution in [3.63, 3.8) is 0 Å². The molecule has 0 aliphatic carbocycles. The summed E-state index contributed by atoms with van der Waals surface area (Å²) >= 11 is 6.35. The van der Waals surface area contributed by atoms with Crippen molar-refractivity contribution in [2.75, 3.05) is 5.32 Å². The normalized spacial score (nSPS) is 11.3. The molecule has 0 amide bonds. The van der Waals surface area contributed by atoms with E-state index in [-0.39, 0.29) is 5.82 Å². The van der Waals surface area contributed by atoms with Crippen molar-refractivity contribution in [2.45, 2.75) is 20.8 Å². The van der Waals surface area contributed by atoms with Gasteiger partial charge in [-0.15, -0.1) is 0 Å². The van der Waals surface area contributed by atoms with E-state index in [0.717, 1.165) is 16.6 Å². The number of pyridine rings is 2. The highest BCUT2D eigenvalue weighted by Crippen LogP contribution is 2.35. The first-order valence-corrected chi connectivity index (χ1v) is 8.70. The second-order valence-corrected chi connectivity index (χ2v) is 6.88. The van der Waals surface area contributed by atoms with Gasteiger partial charge in [-0.25, -0.2) is 14.4 Å². The summed E-state index contributed by atoms with van der Waals surface area (Å²) in [4.78, 5) is 8.88. The largest absolute Gasteiger partial charge is 0.339 e. The topological polar surface area (TPSA) is 37.8 Å². The summed E-state index contributed by atoms with van der Waals surface area (Å²) in [5, 5.41) is 5.92. The lowest BCUT2D eigenvalue weighted by atomic mass is 10.0. The molecule has 0 aliphatic heterocycles. The Morgan fingerprint density at radius 3 is 2.50 bits per heavy atom. The zero-order valence-corrected chi connectivity index (χ0v) is 15.4. The predicted octanol–water partition coefficient (Wildman–Crippen LogP) is 6.24. The minimum absolute atomic E-state index is 0.328. The molecule has 2 aromatic heterocycles. The van der Waals surface area contributed by atoms with Crippen molar-refractivity contribution in [2.24, 2.45) is 0 Å².